The minimum absolute atomic E-state index is 0.101. The van der Waals surface area contributed by atoms with Crippen LogP contribution in [0.3, 0.4) is 0 Å². The van der Waals surface area contributed by atoms with Crippen LogP contribution in [0, 0.1) is 5.41 Å². The van der Waals surface area contributed by atoms with E-state index in [1.165, 1.54) is 11.1 Å². The van der Waals surface area contributed by atoms with Crippen LogP contribution >= 0.6 is 0 Å². The second kappa shape index (κ2) is 10.1. The molecule has 0 spiro atoms. The number of nitrogens with zero attached hydrogens (tertiary/aromatic N) is 1. The maximum atomic E-state index is 10.9. The first-order valence-corrected chi connectivity index (χ1v) is 11.6. The molecule has 0 aliphatic heterocycles. The number of carboxylic acid groups (broad SMARTS) is 1. The molecule has 0 amide bonds. The Morgan fingerprint density at radius 1 is 1.06 bits per heavy atom. The number of carboxylic acids is 1. The van der Waals surface area contributed by atoms with E-state index in [0.29, 0.717) is 18.9 Å². The number of hydrogen-bond donors (Lipinski definition) is 1. The van der Waals surface area contributed by atoms with Crippen LogP contribution in [0.2, 0.25) is 0 Å². The number of methoxy groups -OCH3 is 1. The Kier molecular flexibility index (Phi) is 7.01. The zero-order valence-corrected chi connectivity index (χ0v) is 20.0. The third-order valence-electron chi connectivity index (χ3n) is 6.41. The monoisotopic (exact) mass is 457 g/mol. The number of aryl methyl sites for hydroxylation is 1. The van der Waals surface area contributed by atoms with Crippen LogP contribution in [0.4, 0.5) is 0 Å². The van der Waals surface area contributed by atoms with Crippen molar-refractivity contribution < 1.29 is 19.4 Å². The Bertz CT molecular complexity index is 1210. The first kappa shape index (κ1) is 23.6. The van der Waals surface area contributed by atoms with Crippen LogP contribution in [0.15, 0.2) is 66.9 Å². The lowest BCUT2D eigenvalue weighted by molar-refractivity contribution is -0.136. The van der Waals surface area contributed by atoms with Gasteiger partial charge in [0.25, 0.3) is 0 Å². The molecule has 1 heterocycles. The van der Waals surface area contributed by atoms with E-state index in [-0.39, 0.29) is 11.8 Å². The number of rotatable bonds is 9. The summed E-state index contributed by atoms with van der Waals surface area (Å²) < 4.78 is 11.5. The molecule has 0 radical (unpaired) electrons. The molecule has 1 aromatic heterocycles. The van der Waals surface area contributed by atoms with E-state index in [4.69, 9.17) is 14.6 Å². The molecule has 5 heteroatoms. The van der Waals surface area contributed by atoms with Crippen molar-refractivity contribution in [3.63, 3.8) is 0 Å². The van der Waals surface area contributed by atoms with Crippen molar-refractivity contribution >= 4 is 11.5 Å². The van der Waals surface area contributed by atoms with Gasteiger partial charge in [0.15, 0.2) is 0 Å². The summed E-state index contributed by atoms with van der Waals surface area (Å²) in [5.41, 5.74) is 6.94. The van der Waals surface area contributed by atoms with Crippen molar-refractivity contribution in [2.75, 3.05) is 7.11 Å². The summed E-state index contributed by atoms with van der Waals surface area (Å²) in [4.78, 5) is 15.1. The number of allylic oxidation sites excluding steroid dienone is 2. The largest absolute Gasteiger partial charge is 0.489 e. The predicted octanol–water partition coefficient (Wildman–Crippen LogP) is 6.56. The molecule has 0 bridgehead atoms. The molecule has 0 fully saturated rings. The van der Waals surface area contributed by atoms with E-state index >= 15 is 0 Å². The number of ether oxygens (including phenoxy) is 2. The van der Waals surface area contributed by atoms with Crippen molar-refractivity contribution in [2.24, 2.45) is 5.41 Å². The van der Waals surface area contributed by atoms with E-state index in [2.05, 4.69) is 43.1 Å². The highest BCUT2D eigenvalue weighted by Crippen LogP contribution is 2.47. The highest BCUT2D eigenvalue weighted by Gasteiger charge is 2.30. The molecule has 34 heavy (non-hydrogen) atoms. The van der Waals surface area contributed by atoms with Gasteiger partial charge in [-0.15, -0.1) is 0 Å². The molecule has 1 aliphatic carbocycles. The molecule has 5 nitrogen and oxygen atoms in total. The smallest absolute Gasteiger partial charge is 0.303 e. The van der Waals surface area contributed by atoms with Crippen LogP contribution in [-0.4, -0.2) is 23.2 Å². The third kappa shape index (κ3) is 5.48. The molecular formula is C29H31NO4. The number of hydrogen-bond acceptors (Lipinski definition) is 4. The predicted molar refractivity (Wildman–Crippen MR) is 134 cm³/mol. The fraction of sp³-hybridized carbons (Fsp3) is 0.310. The fourth-order valence-electron chi connectivity index (χ4n) is 4.52. The summed E-state index contributed by atoms with van der Waals surface area (Å²) in [6, 6.07) is 18.1. The van der Waals surface area contributed by atoms with E-state index < -0.39 is 5.97 Å². The lowest BCUT2D eigenvalue weighted by Crippen LogP contribution is -2.10. The number of benzene rings is 2. The highest BCUT2D eigenvalue weighted by molar-refractivity contribution is 5.84. The Labute approximate surface area is 201 Å². The highest BCUT2D eigenvalue weighted by atomic mass is 16.5. The van der Waals surface area contributed by atoms with Gasteiger partial charge in [-0.3, -0.25) is 4.79 Å². The minimum Gasteiger partial charge on any atom is -0.489 e. The van der Waals surface area contributed by atoms with Crippen molar-refractivity contribution in [1.29, 1.82) is 0 Å². The van der Waals surface area contributed by atoms with Gasteiger partial charge in [0, 0.05) is 18.7 Å². The van der Waals surface area contributed by atoms with Crippen LogP contribution < -0.4 is 9.47 Å². The summed E-state index contributed by atoms with van der Waals surface area (Å²) in [6.45, 7) is 5.03. The van der Waals surface area contributed by atoms with Gasteiger partial charge >= 0.3 is 5.97 Å². The van der Waals surface area contributed by atoms with Gasteiger partial charge in [0.2, 0.25) is 5.88 Å². The number of pyridine rings is 1. The van der Waals surface area contributed by atoms with Gasteiger partial charge in [0.1, 0.15) is 12.4 Å². The van der Waals surface area contributed by atoms with Gasteiger partial charge in [-0.25, -0.2) is 4.98 Å². The molecule has 1 aliphatic rings. The molecule has 2 aromatic carbocycles. The second-order valence-electron chi connectivity index (χ2n) is 9.34. The number of aromatic nitrogens is 1. The molecule has 176 valence electrons. The quantitative estimate of drug-likeness (QED) is 0.394. The molecule has 1 N–H and O–H groups in total. The zero-order valence-electron chi connectivity index (χ0n) is 20.0. The van der Waals surface area contributed by atoms with E-state index in [1.807, 2.05) is 36.4 Å². The van der Waals surface area contributed by atoms with Crippen molar-refractivity contribution in [3.8, 4) is 22.8 Å². The zero-order chi connectivity index (χ0) is 24.1. The lowest BCUT2D eigenvalue weighted by atomic mass is 9.79. The Hall–Kier alpha value is -3.60. The van der Waals surface area contributed by atoms with Crippen molar-refractivity contribution in [3.05, 3.63) is 83.6 Å². The molecule has 4 rings (SSSR count). The first-order valence-electron chi connectivity index (χ1n) is 11.6. The molecule has 0 unspecified atom stereocenters. The molecule has 0 atom stereocenters. The Balaban J connectivity index is 1.62. The first-order chi connectivity index (χ1) is 16.4. The summed E-state index contributed by atoms with van der Waals surface area (Å²) in [7, 11) is 1.63. The lowest BCUT2D eigenvalue weighted by Gasteiger charge is -2.25. The van der Waals surface area contributed by atoms with Gasteiger partial charge in [-0.05, 0) is 82.3 Å². The molecular weight excluding hydrogens is 426 g/mol. The fourth-order valence-corrected chi connectivity index (χ4v) is 4.52. The minimum atomic E-state index is -0.796. The van der Waals surface area contributed by atoms with Gasteiger partial charge in [-0.1, -0.05) is 44.2 Å². The van der Waals surface area contributed by atoms with Crippen LogP contribution in [0.25, 0.3) is 16.7 Å². The van der Waals surface area contributed by atoms with E-state index in [9.17, 15) is 4.79 Å². The summed E-state index contributed by atoms with van der Waals surface area (Å²) >= 11 is 0. The molecule has 3 aromatic rings. The average Bonchev–Trinajstić information content (AvgIpc) is 3.20. The second-order valence-corrected chi connectivity index (χ2v) is 9.34. The summed E-state index contributed by atoms with van der Waals surface area (Å²) in [5.74, 6) is 0.543. The van der Waals surface area contributed by atoms with Gasteiger partial charge in [0.05, 0.1) is 7.11 Å². The normalized spacial score (nSPS) is 14.5. The number of carbonyl (C=O) groups is 1. The topological polar surface area (TPSA) is 68.7 Å². The number of aliphatic carboxylic acids is 1. The molecule has 0 saturated heterocycles. The standard InChI is InChI=1S/C29H31NO4/c1-29(2)14-5-8-26(29)25-17-21(9-11-24(25)22-13-15-30-27(18-22)33-3)19-34-23-7-4-6-20(16-23)10-12-28(31)32/h4,6-9,11,13,15-18H,5,10,12,14,19H2,1-3H3,(H,31,32). The van der Waals surface area contributed by atoms with Gasteiger partial charge < -0.3 is 14.6 Å². The average molecular weight is 458 g/mol. The Morgan fingerprint density at radius 3 is 2.65 bits per heavy atom. The van der Waals surface area contributed by atoms with Crippen LogP contribution in [-0.2, 0) is 17.8 Å². The Morgan fingerprint density at radius 2 is 1.91 bits per heavy atom. The maximum absolute atomic E-state index is 10.9. The van der Waals surface area contributed by atoms with Gasteiger partial charge in [-0.2, -0.15) is 0 Å². The molecule has 0 saturated carbocycles. The summed E-state index contributed by atoms with van der Waals surface area (Å²) in [5, 5.41) is 8.94. The van der Waals surface area contributed by atoms with Crippen molar-refractivity contribution in [2.45, 2.75) is 46.1 Å². The van der Waals surface area contributed by atoms with Crippen LogP contribution in [0.1, 0.15) is 49.8 Å². The van der Waals surface area contributed by atoms with Crippen molar-refractivity contribution in [1.82, 2.24) is 4.98 Å². The SMILES string of the molecule is COc1cc(-c2ccc(COc3cccc(CCC(=O)O)c3)cc2C2=CCCC2(C)C)ccn1. The summed E-state index contributed by atoms with van der Waals surface area (Å²) in [6.07, 6.45) is 6.94. The maximum Gasteiger partial charge on any atom is 0.303 e. The van der Waals surface area contributed by atoms with Crippen LogP contribution in [0.5, 0.6) is 11.6 Å². The third-order valence-corrected chi connectivity index (χ3v) is 6.41. The van der Waals surface area contributed by atoms with E-state index in [0.717, 1.165) is 40.8 Å². The van der Waals surface area contributed by atoms with E-state index in [1.54, 1.807) is 13.3 Å².